The van der Waals surface area contributed by atoms with E-state index in [0.29, 0.717) is 19.3 Å². The monoisotopic (exact) mass is 378 g/mol. The first-order valence-electron chi connectivity index (χ1n) is 10.1. The van der Waals surface area contributed by atoms with Gasteiger partial charge in [-0.05, 0) is 49.7 Å². The fourth-order valence-electron chi connectivity index (χ4n) is 3.34. The highest BCUT2D eigenvalue weighted by Gasteiger charge is 2.38. The average Bonchev–Trinajstić information content (AvgIpc) is 2.97. The average molecular weight is 379 g/mol. The number of aliphatic hydroxyl groups is 2. The van der Waals surface area contributed by atoms with E-state index in [1.165, 1.54) is 32.3 Å². The van der Waals surface area contributed by atoms with Crippen LogP contribution in [0.4, 0.5) is 0 Å². The molecule has 0 aromatic heterocycles. The summed E-state index contributed by atoms with van der Waals surface area (Å²) >= 11 is 0. The first-order chi connectivity index (χ1) is 12.7. The van der Waals surface area contributed by atoms with Gasteiger partial charge >= 0.3 is 5.97 Å². The molecule has 5 heteroatoms. The predicted octanol–water partition coefficient (Wildman–Crippen LogP) is 4.00. The van der Waals surface area contributed by atoms with Gasteiger partial charge in [0.25, 0.3) is 5.79 Å². The summed E-state index contributed by atoms with van der Waals surface area (Å²) in [5, 5.41) is 28.0. The largest absolute Gasteiger partial charge is 0.477 e. The number of ketones is 1. The van der Waals surface area contributed by atoms with Crippen molar-refractivity contribution >= 4 is 11.8 Å². The molecular weight excluding hydrogens is 344 g/mol. The lowest BCUT2D eigenvalue weighted by atomic mass is 9.87. The first-order valence-corrected chi connectivity index (χ1v) is 10.1. The van der Waals surface area contributed by atoms with Crippen LogP contribution in [-0.2, 0) is 9.59 Å². The quantitative estimate of drug-likeness (QED) is 0.219. The summed E-state index contributed by atoms with van der Waals surface area (Å²) in [6, 6.07) is 0. The second-order valence-corrected chi connectivity index (χ2v) is 7.49. The van der Waals surface area contributed by atoms with Crippen LogP contribution in [0.3, 0.4) is 0 Å². The van der Waals surface area contributed by atoms with Crippen LogP contribution in [0.25, 0.3) is 0 Å². The third kappa shape index (κ3) is 7.10. The van der Waals surface area contributed by atoms with E-state index in [9.17, 15) is 19.8 Å². The SMILES string of the molecule is CCCCCC=C[C@H]1CCC(=O)[C@@H]1CC(=C=CC(C)C(O)(O)C(=O)O)CC. The molecular formula is C22H34O5. The van der Waals surface area contributed by atoms with Gasteiger partial charge in [-0.1, -0.05) is 45.8 Å². The Hall–Kier alpha value is -1.68. The fraction of sp³-hybridized carbons (Fsp3) is 0.682. The summed E-state index contributed by atoms with van der Waals surface area (Å²) in [6.07, 6.45) is 13.1. The maximum atomic E-state index is 12.3. The number of rotatable bonds is 11. The van der Waals surface area contributed by atoms with Crippen LogP contribution in [0.15, 0.2) is 29.5 Å². The van der Waals surface area contributed by atoms with Gasteiger partial charge in [-0.25, -0.2) is 4.79 Å². The van der Waals surface area contributed by atoms with Gasteiger partial charge in [-0.3, -0.25) is 4.79 Å². The van der Waals surface area contributed by atoms with Crippen LogP contribution in [0.5, 0.6) is 0 Å². The van der Waals surface area contributed by atoms with E-state index in [-0.39, 0.29) is 17.6 Å². The lowest BCUT2D eigenvalue weighted by molar-refractivity contribution is -0.214. The molecule has 0 amide bonds. The molecule has 1 rings (SSSR count). The molecule has 0 bridgehead atoms. The molecule has 0 aromatic rings. The van der Waals surface area contributed by atoms with E-state index in [1.54, 1.807) is 0 Å². The molecule has 1 unspecified atom stereocenters. The number of carbonyl (C=O) groups excluding carboxylic acids is 1. The molecule has 1 aliphatic carbocycles. The van der Waals surface area contributed by atoms with Crippen molar-refractivity contribution in [1.82, 2.24) is 0 Å². The third-order valence-corrected chi connectivity index (χ3v) is 5.39. The zero-order chi connectivity index (χ0) is 20.4. The molecule has 0 saturated heterocycles. The predicted molar refractivity (Wildman–Crippen MR) is 105 cm³/mol. The number of Topliss-reactive ketones (excluding diaryl/α,β-unsaturated/α-hetero) is 1. The van der Waals surface area contributed by atoms with Crippen molar-refractivity contribution < 1.29 is 24.9 Å². The number of aliphatic carboxylic acids is 1. The molecule has 0 aromatic carbocycles. The van der Waals surface area contributed by atoms with E-state index in [1.807, 2.05) is 6.92 Å². The summed E-state index contributed by atoms with van der Waals surface area (Å²) in [4.78, 5) is 23.2. The van der Waals surface area contributed by atoms with Crippen molar-refractivity contribution in [3.05, 3.63) is 29.5 Å². The number of carboxylic acid groups (broad SMARTS) is 1. The highest BCUT2D eigenvalue weighted by atomic mass is 16.5. The molecule has 0 heterocycles. The van der Waals surface area contributed by atoms with Crippen molar-refractivity contribution in [2.45, 2.75) is 77.9 Å². The molecule has 0 aliphatic heterocycles. The topological polar surface area (TPSA) is 94.8 Å². The zero-order valence-corrected chi connectivity index (χ0v) is 16.8. The Morgan fingerprint density at radius 3 is 2.63 bits per heavy atom. The van der Waals surface area contributed by atoms with Gasteiger partial charge in [-0.2, -0.15) is 0 Å². The first kappa shape index (κ1) is 23.4. The second-order valence-electron chi connectivity index (χ2n) is 7.49. The Morgan fingerprint density at radius 2 is 2.04 bits per heavy atom. The van der Waals surface area contributed by atoms with Crippen LogP contribution in [0.1, 0.15) is 72.1 Å². The van der Waals surface area contributed by atoms with Crippen LogP contribution in [0.2, 0.25) is 0 Å². The van der Waals surface area contributed by atoms with Gasteiger partial charge < -0.3 is 15.3 Å². The maximum Gasteiger partial charge on any atom is 0.364 e. The lowest BCUT2D eigenvalue weighted by Crippen LogP contribution is -2.43. The zero-order valence-electron chi connectivity index (χ0n) is 16.8. The van der Waals surface area contributed by atoms with Gasteiger partial charge in [-0.15, -0.1) is 5.73 Å². The highest BCUT2D eigenvalue weighted by Crippen LogP contribution is 2.35. The van der Waals surface area contributed by atoms with Crippen molar-refractivity contribution in [1.29, 1.82) is 0 Å². The van der Waals surface area contributed by atoms with Gasteiger partial charge in [0.1, 0.15) is 5.78 Å². The van der Waals surface area contributed by atoms with E-state index >= 15 is 0 Å². The molecule has 1 aliphatic rings. The summed E-state index contributed by atoms with van der Waals surface area (Å²) in [5.74, 6) is -5.07. The molecule has 0 radical (unpaired) electrons. The molecule has 3 N–H and O–H groups in total. The molecule has 1 saturated carbocycles. The standard InChI is InChI=1S/C22H34O5/c1-4-6-7-8-9-10-18-13-14-20(23)19(18)15-17(5-2)12-11-16(3)22(26,27)21(24)25/h9-11,16,18-19,26-27H,4-8,13-15H2,1-3H3,(H,24,25)/t12?,16?,18-,19+/m0/s1. The number of allylic oxidation sites excluding steroid dienone is 2. The van der Waals surface area contributed by atoms with E-state index in [4.69, 9.17) is 5.11 Å². The second kappa shape index (κ2) is 11.2. The van der Waals surface area contributed by atoms with E-state index in [2.05, 4.69) is 24.8 Å². The normalized spacial score (nSPS) is 21.3. The van der Waals surface area contributed by atoms with Crippen LogP contribution >= 0.6 is 0 Å². The molecule has 0 spiro atoms. The molecule has 3 atom stereocenters. The van der Waals surface area contributed by atoms with Gasteiger partial charge in [0.15, 0.2) is 0 Å². The number of carbonyl (C=O) groups is 2. The van der Waals surface area contributed by atoms with Crippen molar-refractivity contribution in [2.75, 3.05) is 0 Å². The molecule has 5 nitrogen and oxygen atoms in total. The van der Waals surface area contributed by atoms with Crippen molar-refractivity contribution in [2.24, 2.45) is 17.8 Å². The number of carboxylic acids is 1. The fourth-order valence-corrected chi connectivity index (χ4v) is 3.34. The summed E-state index contributed by atoms with van der Waals surface area (Å²) in [5.41, 5.74) is 3.91. The Morgan fingerprint density at radius 1 is 1.33 bits per heavy atom. The summed E-state index contributed by atoms with van der Waals surface area (Å²) in [7, 11) is 0. The van der Waals surface area contributed by atoms with Gasteiger partial charge in [0, 0.05) is 18.3 Å². The maximum absolute atomic E-state index is 12.3. The van der Waals surface area contributed by atoms with Gasteiger partial charge in [0.2, 0.25) is 0 Å². The highest BCUT2D eigenvalue weighted by molar-refractivity contribution is 5.84. The third-order valence-electron chi connectivity index (χ3n) is 5.39. The van der Waals surface area contributed by atoms with Crippen molar-refractivity contribution in [3.8, 4) is 0 Å². The minimum atomic E-state index is -2.82. The van der Waals surface area contributed by atoms with Crippen LogP contribution in [0, 0.1) is 17.8 Å². The van der Waals surface area contributed by atoms with Crippen LogP contribution < -0.4 is 0 Å². The Bertz CT molecular complexity index is 596. The minimum absolute atomic E-state index is 0.0638. The van der Waals surface area contributed by atoms with E-state index in [0.717, 1.165) is 18.4 Å². The number of hydrogen-bond acceptors (Lipinski definition) is 4. The summed E-state index contributed by atoms with van der Waals surface area (Å²) < 4.78 is 0. The smallest absolute Gasteiger partial charge is 0.364 e. The molecule has 1 fully saturated rings. The van der Waals surface area contributed by atoms with Gasteiger partial charge in [0.05, 0.1) is 0 Å². The molecule has 152 valence electrons. The van der Waals surface area contributed by atoms with Crippen molar-refractivity contribution in [3.63, 3.8) is 0 Å². The summed E-state index contributed by atoms with van der Waals surface area (Å²) in [6.45, 7) is 5.55. The van der Waals surface area contributed by atoms with Crippen LogP contribution in [-0.4, -0.2) is 32.9 Å². The Kier molecular flexibility index (Phi) is 9.71. The van der Waals surface area contributed by atoms with E-state index < -0.39 is 17.7 Å². The Balaban J connectivity index is 2.82. The Labute approximate surface area is 162 Å². The number of hydrogen-bond donors (Lipinski definition) is 3. The minimum Gasteiger partial charge on any atom is -0.477 e. The molecule has 27 heavy (non-hydrogen) atoms. The lowest BCUT2D eigenvalue weighted by Gasteiger charge is -2.20. The number of unbranched alkanes of at least 4 members (excludes halogenated alkanes) is 3.